The molecule has 0 radical (unpaired) electrons. The number of amides is 1. The number of rotatable bonds is 25. The van der Waals surface area contributed by atoms with Crippen LogP contribution in [-0.2, 0) is 43.4 Å². The highest BCUT2D eigenvalue weighted by Gasteiger charge is 2.31. The Morgan fingerprint density at radius 2 is 1.45 bits per heavy atom. The van der Waals surface area contributed by atoms with Gasteiger partial charge in [0.05, 0.1) is 62.6 Å². The highest BCUT2D eigenvalue weighted by atomic mass is 32.2. The summed E-state index contributed by atoms with van der Waals surface area (Å²) < 4.78 is 48.2. The number of phenolic OH excluding ortho intramolecular Hbond substituents is 2. The van der Waals surface area contributed by atoms with Gasteiger partial charge in [0.1, 0.15) is 29.3 Å². The molecule has 3 unspecified atom stereocenters. The molecule has 0 bridgehead atoms. The molecular formula is C76H95N11O10S5. The number of carbonyl (C=O) groups excluding carboxylic acids is 2. The zero-order valence-corrected chi connectivity index (χ0v) is 64.2. The summed E-state index contributed by atoms with van der Waals surface area (Å²) in [5.41, 5.74) is 10.5. The number of H-pyrrole nitrogens is 1. The lowest BCUT2D eigenvalue weighted by molar-refractivity contribution is -0.140. The standard InChI is InChI=1S/C22H25N5O2S.C20H26N2O3S.C19H26N2O3S2.C15H18N2O2S/c1-14-10-17(15(2)27(14)22-23-13-24-26-22)18-12-30-21(25-18)7-5-6-16-8-9-19(28-3)20(11-16)29-4;1-24-16-10-8-14(9-11-16)19-17(12-13-18(23)25-2)26-20(22-19)21-15-6-4-3-5-7-15;1-5-14(3)21(15(4)6-2)18(22)13-26(23,24)19-20-17(12-25-19)16-10-8-7-9-11-16;1-10-3-2-6-17(8-10)15-16-13(9-20-15)12-5-4-11(18)7-14(12)19/h8-13H,5-7H2,1-4H3,(H,23,24,26);8-11,15H,3-7,12-13H2,1-2H3,(H,21,22);7-12,14-15H,5-6,13H2,1-4H3;4-5,7,9-10,18-19H,2-3,6,8H2,1H3. The van der Waals surface area contributed by atoms with E-state index in [9.17, 15) is 28.2 Å². The number of hydrogen-bond donors (Lipinski definition) is 4. The lowest BCUT2D eigenvalue weighted by Gasteiger charge is -2.33. The number of esters is 1. The van der Waals surface area contributed by atoms with Crippen LogP contribution in [0, 0.1) is 19.8 Å². The normalized spacial score (nSPS) is 14.4. The first-order valence-electron chi connectivity index (χ1n) is 34.7. The lowest BCUT2D eigenvalue weighted by Crippen LogP contribution is -2.46. The fourth-order valence-corrected chi connectivity index (χ4v) is 17.4. The van der Waals surface area contributed by atoms with E-state index in [1.165, 1.54) is 70.0 Å². The van der Waals surface area contributed by atoms with Crippen molar-refractivity contribution in [1.82, 2.24) is 44.6 Å². The number of sulfone groups is 1. The van der Waals surface area contributed by atoms with E-state index in [1.807, 2.05) is 99.8 Å². The molecule has 2 fully saturated rings. The molecule has 6 aromatic heterocycles. The summed E-state index contributed by atoms with van der Waals surface area (Å²) in [6, 6.07) is 30.7. The van der Waals surface area contributed by atoms with E-state index >= 15 is 0 Å². The summed E-state index contributed by atoms with van der Waals surface area (Å²) in [6.45, 7) is 16.4. The zero-order chi connectivity index (χ0) is 72.9. The number of phenols is 2. The van der Waals surface area contributed by atoms with E-state index in [4.69, 9.17) is 28.9 Å². The first-order valence-corrected chi connectivity index (χ1v) is 39.8. The molecule has 1 aliphatic carbocycles. The summed E-state index contributed by atoms with van der Waals surface area (Å²) in [7, 11) is 2.64. The smallest absolute Gasteiger partial charge is 0.305 e. The van der Waals surface area contributed by atoms with Crippen LogP contribution in [0.1, 0.15) is 132 Å². The van der Waals surface area contributed by atoms with Gasteiger partial charge in [-0.1, -0.05) is 76.4 Å². The fourth-order valence-electron chi connectivity index (χ4n) is 12.4. The van der Waals surface area contributed by atoms with Gasteiger partial charge in [-0.15, -0.1) is 45.3 Å². The quantitative estimate of drug-likeness (QED) is 0.0388. The van der Waals surface area contributed by atoms with Crippen molar-refractivity contribution in [3.05, 3.63) is 146 Å². The van der Waals surface area contributed by atoms with Crippen molar-refractivity contribution in [1.29, 1.82) is 0 Å². The molecule has 102 heavy (non-hydrogen) atoms. The highest BCUT2D eigenvalue weighted by Crippen LogP contribution is 2.38. The van der Waals surface area contributed by atoms with E-state index < -0.39 is 15.6 Å². The maximum atomic E-state index is 12.7. The molecule has 1 amide bonds. The molecule has 3 atom stereocenters. The number of aromatic nitrogens is 8. The van der Waals surface area contributed by atoms with Crippen molar-refractivity contribution in [2.24, 2.45) is 5.92 Å². The Kier molecular flexibility index (Phi) is 28.5. The molecule has 0 spiro atoms. The second-order valence-corrected chi connectivity index (χ2v) is 31.4. The first kappa shape index (κ1) is 77.5. The average Bonchev–Trinajstić information content (AvgIpc) is 1.63. The maximum absolute atomic E-state index is 12.7. The lowest BCUT2D eigenvalue weighted by atomic mass is 9.96. The fraction of sp³-hybridized carbons (Fsp3) is 0.421. The number of nitrogens with zero attached hydrogens (tertiary/aromatic N) is 9. The second-order valence-electron chi connectivity index (χ2n) is 25.5. The number of aryl methyl sites for hydroxylation is 4. The van der Waals surface area contributed by atoms with Crippen molar-refractivity contribution < 1.29 is 47.2 Å². The Hall–Kier alpha value is -8.69. The number of aromatic amines is 1. The molecule has 4 aromatic carbocycles. The van der Waals surface area contributed by atoms with Crippen LogP contribution in [0.4, 0.5) is 10.3 Å². The first-order chi connectivity index (χ1) is 49.2. The number of benzene rings is 4. The molecule has 1 saturated carbocycles. The molecule has 12 rings (SSSR count). The number of hydrogen-bond acceptors (Lipinski definition) is 22. The van der Waals surface area contributed by atoms with Gasteiger partial charge < -0.3 is 44.3 Å². The molecule has 26 heteroatoms. The predicted octanol–water partition coefficient (Wildman–Crippen LogP) is 16.7. The maximum Gasteiger partial charge on any atom is 0.305 e. The molecule has 2 aliphatic rings. The number of carbonyl (C=O) groups is 2. The zero-order valence-electron chi connectivity index (χ0n) is 60.1. The number of nitrogens with one attached hydrogen (secondary N) is 2. The monoisotopic (exact) mass is 1480 g/mol. The molecular weight excluding hydrogens is 1390 g/mol. The minimum Gasteiger partial charge on any atom is -0.508 e. The van der Waals surface area contributed by atoms with E-state index in [0.717, 1.165) is 145 Å². The number of thiazole rings is 4. The minimum atomic E-state index is -3.76. The SMILES string of the molecule is CC1CCCN(c2nc(-c3ccc(O)cc3O)cs2)C1.CCC(C)N(C(=O)CS(=O)(=O)c1nc(-c2ccccc2)cs1)C(C)CC.COC(=O)CCc1sc(NC2CCCCC2)nc1-c1ccc(OC)cc1.COc1ccc(CCCc2nc(-c3cc(C)n(-c4ncn[nH]4)c3C)cs2)cc1OC. The molecule has 1 saturated heterocycles. The Bertz CT molecular complexity index is 4380. The Labute approximate surface area is 615 Å². The third-order valence-electron chi connectivity index (χ3n) is 18.2. The summed E-state index contributed by atoms with van der Waals surface area (Å²) in [5, 5.41) is 38.6. The van der Waals surface area contributed by atoms with Crippen molar-refractivity contribution in [2.45, 2.75) is 161 Å². The van der Waals surface area contributed by atoms with Crippen LogP contribution in [0.2, 0.25) is 0 Å². The van der Waals surface area contributed by atoms with Gasteiger partial charge in [-0.3, -0.25) is 14.2 Å². The number of piperidine rings is 1. The van der Waals surface area contributed by atoms with Gasteiger partial charge in [-0.05, 0) is 158 Å². The summed E-state index contributed by atoms with van der Waals surface area (Å²) in [4.78, 5) is 52.3. The summed E-state index contributed by atoms with van der Waals surface area (Å²) >= 11 is 6.03. The van der Waals surface area contributed by atoms with Crippen molar-refractivity contribution in [3.8, 4) is 79.7 Å². The van der Waals surface area contributed by atoms with Gasteiger partial charge in [0.15, 0.2) is 21.8 Å². The van der Waals surface area contributed by atoms with Gasteiger partial charge in [0.25, 0.3) is 0 Å². The van der Waals surface area contributed by atoms with Crippen LogP contribution in [-0.4, -0.2) is 140 Å². The van der Waals surface area contributed by atoms with Crippen LogP contribution < -0.4 is 24.4 Å². The largest absolute Gasteiger partial charge is 0.508 e. The van der Waals surface area contributed by atoms with Crippen molar-refractivity contribution >= 4 is 77.3 Å². The Balaban J connectivity index is 0.000000160. The third kappa shape index (κ3) is 20.8. The van der Waals surface area contributed by atoms with E-state index in [0.29, 0.717) is 36.1 Å². The molecule has 7 heterocycles. The van der Waals surface area contributed by atoms with Crippen LogP contribution >= 0.6 is 45.3 Å². The van der Waals surface area contributed by atoms with Crippen LogP contribution in [0.3, 0.4) is 0 Å². The van der Waals surface area contributed by atoms with Crippen LogP contribution in [0.5, 0.6) is 28.7 Å². The van der Waals surface area contributed by atoms with Gasteiger partial charge >= 0.3 is 5.97 Å². The molecule has 4 N–H and O–H groups in total. The van der Waals surface area contributed by atoms with Gasteiger partial charge in [-0.2, -0.15) is 10.1 Å². The Morgan fingerprint density at radius 3 is 2.12 bits per heavy atom. The van der Waals surface area contributed by atoms with E-state index in [2.05, 4.69) is 78.2 Å². The summed E-state index contributed by atoms with van der Waals surface area (Å²) in [6.07, 6.45) is 15.8. The van der Waals surface area contributed by atoms with Crippen molar-refractivity contribution in [2.75, 3.05) is 57.5 Å². The number of anilines is 2. The number of aromatic hydroxyl groups is 2. The van der Waals surface area contributed by atoms with Gasteiger partial charge in [0, 0.05) is 91.9 Å². The Morgan fingerprint density at radius 1 is 0.735 bits per heavy atom. The molecule has 10 aromatic rings. The highest BCUT2D eigenvalue weighted by molar-refractivity contribution is 7.94. The van der Waals surface area contributed by atoms with Gasteiger partial charge in [-0.25, -0.2) is 33.5 Å². The predicted molar refractivity (Wildman–Crippen MR) is 410 cm³/mol. The molecule has 544 valence electrons. The topological polar surface area (TPSA) is 262 Å². The molecule has 1 aliphatic heterocycles. The molecule has 21 nitrogen and oxygen atoms in total. The number of ether oxygens (including phenoxy) is 4. The van der Waals surface area contributed by atoms with E-state index in [-0.39, 0.29) is 39.8 Å². The average molecular weight is 1480 g/mol. The van der Waals surface area contributed by atoms with E-state index in [1.54, 1.807) is 77.8 Å². The summed E-state index contributed by atoms with van der Waals surface area (Å²) in [5.74, 6) is 2.82. The third-order valence-corrected chi connectivity index (χ3v) is 24.0. The van der Waals surface area contributed by atoms with Crippen LogP contribution in [0.15, 0.2) is 124 Å². The number of methoxy groups -OCH3 is 4. The minimum absolute atomic E-state index is 0.00189. The van der Waals surface area contributed by atoms with Crippen LogP contribution in [0.25, 0.3) is 51.0 Å². The second kappa shape index (κ2) is 37.5. The van der Waals surface area contributed by atoms with Crippen molar-refractivity contribution in [3.63, 3.8) is 0 Å². The van der Waals surface area contributed by atoms with Gasteiger partial charge in [0.2, 0.25) is 26.0 Å².